The molecule has 2 aromatic carbocycles. The highest BCUT2D eigenvalue weighted by Crippen LogP contribution is 2.28. The standard InChI is InChI=1S/C23H26N4O2/c1-2-21(24)20-9-6-16(14-22(20)26-17-7-8-17)23-10-11-25-27(23)18-4-3-5-19(15-18)29-13-12-28/h3-6,9-11,14-15,17,24,26,28H,2,7-8,12-13H2,1H3/p+1. The molecule has 1 fully saturated rings. The molecule has 0 bridgehead atoms. The van der Waals surface area contributed by atoms with Crippen molar-refractivity contribution in [2.75, 3.05) is 13.2 Å². The summed E-state index contributed by atoms with van der Waals surface area (Å²) in [5.41, 5.74) is 5.80. The zero-order chi connectivity index (χ0) is 20.2. The van der Waals surface area contributed by atoms with Crippen molar-refractivity contribution in [1.29, 1.82) is 5.41 Å². The van der Waals surface area contributed by atoms with Crippen LogP contribution in [0.3, 0.4) is 0 Å². The lowest BCUT2D eigenvalue weighted by atomic mass is 10.0. The van der Waals surface area contributed by atoms with Crippen LogP contribution in [-0.2, 0) is 0 Å². The summed E-state index contributed by atoms with van der Waals surface area (Å²) in [5, 5.41) is 24.1. The summed E-state index contributed by atoms with van der Waals surface area (Å²) >= 11 is 0. The molecule has 0 aliphatic heterocycles. The number of ether oxygens (including phenoxy) is 1. The maximum absolute atomic E-state index is 8.99. The Hall–Kier alpha value is -2.96. The highest BCUT2D eigenvalue weighted by Gasteiger charge is 2.28. The Labute approximate surface area is 170 Å². The van der Waals surface area contributed by atoms with Crippen LogP contribution >= 0.6 is 0 Å². The van der Waals surface area contributed by atoms with E-state index in [4.69, 9.17) is 15.3 Å². The summed E-state index contributed by atoms with van der Waals surface area (Å²) in [6, 6.07) is 16.7. The van der Waals surface area contributed by atoms with Gasteiger partial charge in [0.25, 0.3) is 0 Å². The second-order valence-corrected chi connectivity index (χ2v) is 7.34. The Balaban J connectivity index is 1.70. The first-order chi connectivity index (χ1) is 14.2. The van der Waals surface area contributed by atoms with Crippen LogP contribution in [0.1, 0.15) is 31.7 Å². The fraction of sp³-hybridized carbons (Fsp3) is 0.304. The molecule has 0 radical (unpaired) electrons. The van der Waals surface area contributed by atoms with Crippen LogP contribution in [0.15, 0.2) is 54.7 Å². The van der Waals surface area contributed by atoms with Crippen LogP contribution in [0.5, 0.6) is 5.75 Å². The molecule has 29 heavy (non-hydrogen) atoms. The van der Waals surface area contributed by atoms with Crippen LogP contribution < -0.4 is 10.1 Å². The number of nitrogens with zero attached hydrogens (tertiary/aromatic N) is 2. The molecular formula is C23H27N4O2+. The van der Waals surface area contributed by atoms with Gasteiger partial charge in [0.1, 0.15) is 18.0 Å². The highest BCUT2D eigenvalue weighted by molar-refractivity contribution is 6.02. The predicted molar refractivity (Wildman–Crippen MR) is 113 cm³/mol. The van der Waals surface area contributed by atoms with E-state index < -0.39 is 0 Å². The molecule has 4 rings (SSSR count). The van der Waals surface area contributed by atoms with Gasteiger partial charge >= 0.3 is 0 Å². The molecule has 0 saturated heterocycles. The average molecular weight is 391 g/mol. The molecule has 4 N–H and O–H groups in total. The SMILES string of the molecule is CCC(=N)c1ccc(-c2ccnn2-c2cccc(OCCO)c2)cc1[NH2+]C1CC1. The molecule has 1 aromatic heterocycles. The zero-order valence-corrected chi connectivity index (χ0v) is 16.6. The van der Waals surface area contributed by atoms with Crippen molar-refractivity contribution >= 4 is 11.4 Å². The largest absolute Gasteiger partial charge is 0.491 e. The third-order valence-electron chi connectivity index (χ3n) is 5.13. The maximum Gasteiger partial charge on any atom is 0.139 e. The van der Waals surface area contributed by atoms with Gasteiger partial charge in [-0.15, -0.1) is 0 Å². The first kappa shape index (κ1) is 19.4. The summed E-state index contributed by atoms with van der Waals surface area (Å²) in [6.45, 7) is 2.27. The first-order valence-corrected chi connectivity index (χ1v) is 10.1. The fourth-order valence-electron chi connectivity index (χ4n) is 3.44. The van der Waals surface area contributed by atoms with E-state index >= 15 is 0 Å². The smallest absolute Gasteiger partial charge is 0.139 e. The number of nitrogens with one attached hydrogen (secondary N) is 1. The quantitative estimate of drug-likeness (QED) is 0.387. The van der Waals surface area contributed by atoms with E-state index in [1.54, 1.807) is 6.20 Å². The van der Waals surface area contributed by atoms with Crippen molar-refractivity contribution < 1.29 is 15.2 Å². The third kappa shape index (κ3) is 4.39. The average Bonchev–Trinajstić information content (AvgIpc) is 3.43. The normalized spacial score (nSPS) is 13.4. The van der Waals surface area contributed by atoms with Gasteiger partial charge in [-0.05, 0) is 30.7 Å². The van der Waals surface area contributed by atoms with Gasteiger partial charge < -0.3 is 20.6 Å². The van der Waals surface area contributed by atoms with Crippen LogP contribution in [-0.4, -0.2) is 39.9 Å². The zero-order valence-electron chi connectivity index (χ0n) is 16.6. The van der Waals surface area contributed by atoms with Crippen LogP contribution in [0.25, 0.3) is 16.9 Å². The van der Waals surface area contributed by atoms with Crippen molar-refractivity contribution in [3.05, 3.63) is 60.3 Å². The van der Waals surface area contributed by atoms with Gasteiger partial charge in [0.2, 0.25) is 0 Å². The highest BCUT2D eigenvalue weighted by atomic mass is 16.5. The Morgan fingerprint density at radius 2 is 2.10 bits per heavy atom. The molecule has 1 saturated carbocycles. The van der Waals surface area contributed by atoms with Crippen LogP contribution in [0, 0.1) is 5.41 Å². The minimum atomic E-state index is -0.0172. The molecule has 150 valence electrons. The minimum absolute atomic E-state index is 0.0172. The molecule has 6 nitrogen and oxygen atoms in total. The van der Waals surface area contributed by atoms with E-state index in [2.05, 4.69) is 28.6 Å². The number of rotatable bonds is 9. The second kappa shape index (κ2) is 8.59. The van der Waals surface area contributed by atoms with Crippen LogP contribution in [0.4, 0.5) is 5.69 Å². The van der Waals surface area contributed by atoms with Crippen molar-refractivity contribution in [1.82, 2.24) is 9.78 Å². The molecule has 3 aromatic rings. The molecular weight excluding hydrogens is 364 g/mol. The molecule has 0 amide bonds. The number of hydrogen-bond donors (Lipinski definition) is 3. The Kier molecular flexibility index (Phi) is 5.74. The monoisotopic (exact) mass is 391 g/mol. The topological polar surface area (TPSA) is 87.7 Å². The maximum atomic E-state index is 8.99. The van der Waals surface area contributed by atoms with Gasteiger partial charge in [-0.3, -0.25) is 0 Å². The lowest BCUT2D eigenvalue weighted by molar-refractivity contribution is -0.586. The molecule has 1 heterocycles. The number of aliphatic hydroxyl groups excluding tert-OH is 1. The van der Waals surface area contributed by atoms with Gasteiger partial charge in [0, 0.05) is 36.2 Å². The summed E-state index contributed by atoms with van der Waals surface area (Å²) in [4.78, 5) is 0. The number of aliphatic hydroxyl groups is 1. The molecule has 0 atom stereocenters. The number of benzene rings is 2. The van der Waals surface area contributed by atoms with Crippen molar-refractivity contribution in [2.45, 2.75) is 32.2 Å². The van der Waals surface area contributed by atoms with Gasteiger partial charge in [-0.2, -0.15) is 5.10 Å². The van der Waals surface area contributed by atoms with E-state index in [1.807, 2.05) is 41.9 Å². The summed E-state index contributed by atoms with van der Waals surface area (Å²) < 4.78 is 7.44. The number of aromatic nitrogens is 2. The first-order valence-electron chi connectivity index (χ1n) is 10.1. The van der Waals surface area contributed by atoms with E-state index in [0.717, 1.165) is 34.6 Å². The Morgan fingerprint density at radius 1 is 1.24 bits per heavy atom. The number of nitrogens with two attached hydrogens (primary N) is 1. The number of hydrogen-bond acceptors (Lipinski definition) is 4. The lowest BCUT2D eigenvalue weighted by Gasteiger charge is -2.13. The van der Waals surface area contributed by atoms with E-state index in [1.165, 1.54) is 12.8 Å². The van der Waals surface area contributed by atoms with E-state index in [9.17, 15) is 0 Å². The summed E-state index contributed by atoms with van der Waals surface area (Å²) in [5.74, 6) is 0.701. The Bertz CT molecular complexity index is 1010. The van der Waals surface area contributed by atoms with Crippen molar-refractivity contribution in [3.8, 4) is 22.7 Å². The molecule has 0 unspecified atom stereocenters. The number of quaternary nitrogens is 1. The molecule has 6 heteroatoms. The minimum Gasteiger partial charge on any atom is -0.491 e. The van der Waals surface area contributed by atoms with Gasteiger partial charge in [-0.1, -0.05) is 19.1 Å². The predicted octanol–water partition coefficient (Wildman–Crippen LogP) is 3.05. The summed E-state index contributed by atoms with van der Waals surface area (Å²) in [6.07, 6.45) is 5.00. The van der Waals surface area contributed by atoms with Gasteiger partial charge in [-0.25, -0.2) is 4.68 Å². The van der Waals surface area contributed by atoms with E-state index in [0.29, 0.717) is 17.5 Å². The summed E-state index contributed by atoms with van der Waals surface area (Å²) in [7, 11) is 0. The molecule has 0 spiro atoms. The van der Waals surface area contributed by atoms with Crippen molar-refractivity contribution in [3.63, 3.8) is 0 Å². The van der Waals surface area contributed by atoms with Gasteiger partial charge in [0.05, 0.1) is 35.8 Å². The third-order valence-corrected chi connectivity index (χ3v) is 5.13. The molecule has 1 aliphatic carbocycles. The fourth-order valence-corrected chi connectivity index (χ4v) is 3.44. The van der Waals surface area contributed by atoms with Crippen molar-refractivity contribution in [2.24, 2.45) is 0 Å². The second-order valence-electron chi connectivity index (χ2n) is 7.34. The van der Waals surface area contributed by atoms with E-state index in [-0.39, 0.29) is 13.2 Å². The molecule has 1 aliphatic rings. The lowest BCUT2D eigenvalue weighted by Crippen LogP contribution is -2.80. The Morgan fingerprint density at radius 3 is 2.86 bits per heavy atom. The van der Waals surface area contributed by atoms with Gasteiger partial charge in [0.15, 0.2) is 0 Å². The van der Waals surface area contributed by atoms with Crippen LogP contribution in [0.2, 0.25) is 0 Å².